The molecular formula is C18H15NO3S. The number of benzene rings is 1. The molecule has 2 heterocycles. The van der Waals surface area contributed by atoms with Crippen molar-refractivity contribution >= 4 is 17.3 Å². The summed E-state index contributed by atoms with van der Waals surface area (Å²) in [6, 6.07) is 13.7. The van der Waals surface area contributed by atoms with Crippen molar-refractivity contribution in [1.29, 1.82) is 0 Å². The van der Waals surface area contributed by atoms with Gasteiger partial charge in [-0.1, -0.05) is 30.3 Å². The Morgan fingerprint density at radius 1 is 1.26 bits per heavy atom. The number of esters is 1. The fraction of sp³-hybridized carbons (Fsp3) is 0.222. The Hall–Kier alpha value is -2.40. The molecule has 1 aliphatic rings. The second-order valence-corrected chi connectivity index (χ2v) is 6.68. The molecule has 1 fully saturated rings. The van der Waals surface area contributed by atoms with Crippen LogP contribution in [0, 0.1) is 5.92 Å². The smallest absolute Gasteiger partial charge is 0.310 e. The SMILES string of the molecule is O=C(OCc1cnc(-c2ccccc2)s1)C1CC1c1ccco1. The van der Waals surface area contributed by atoms with Gasteiger partial charge in [-0.05, 0) is 18.6 Å². The molecule has 2 unspecified atom stereocenters. The minimum atomic E-state index is -0.152. The van der Waals surface area contributed by atoms with Crippen LogP contribution in [-0.2, 0) is 16.1 Å². The van der Waals surface area contributed by atoms with Crippen molar-refractivity contribution in [2.75, 3.05) is 0 Å². The highest BCUT2D eigenvalue weighted by atomic mass is 32.1. The largest absolute Gasteiger partial charge is 0.469 e. The molecular weight excluding hydrogens is 310 g/mol. The molecule has 1 saturated carbocycles. The molecule has 0 N–H and O–H groups in total. The van der Waals surface area contributed by atoms with E-state index in [2.05, 4.69) is 4.98 Å². The molecule has 0 saturated heterocycles. The van der Waals surface area contributed by atoms with Gasteiger partial charge in [0.05, 0.1) is 17.1 Å². The molecule has 4 rings (SSSR count). The molecule has 5 heteroatoms. The molecule has 116 valence electrons. The fourth-order valence-electron chi connectivity index (χ4n) is 2.61. The normalized spacial score (nSPS) is 19.5. The first-order chi connectivity index (χ1) is 11.3. The van der Waals surface area contributed by atoms with Crippen molar-refractivity contribution < 1.29 is 13.9 Å². The third-order valence-corrected chi connectivity index (χ3v) is 4.95. The zero-order valence-electron chi connectivity index (χ0n) is 12.3. The van der Waals surface area contributed by atoms with Gasteiger partial charge in [0.2, 0.25) is 0 Å². The van der Waals surface area contributed by atoms with Gasteiger partial charge >= 0.3 is 5.97 Å². The average molecular weight is 325 g/mol. The van der Waals surface area contributed by atoms with Gasteiger partial charge in [0.25, 0.3) is 0 Å². The van der Waals surface area contributed by atoms with Crippen molar-refractivity contribution in [2.24, 2.45) is 5.92 Å². The van der Waals surface area contributed by atoms with Gasteiger partial charge in [0.1, 0.15) is 17.4 Å². The van der Waals surface area contributed by atoms with Crippen molar-refractivity contribution in [1.82, 2.24) is 4.98 Å². The van der Waals surface area contributed by atoms with Crippen LogP contribution in [0.3, 0.4) is 0 Å². The summed E-state index contributed by atoms with van der Waals surface area (Å²) >= 11 is 1.55. The molecule has 0 radical (unpaired) electrons. The maximum atomic E-state index is 12.1. The van der Waals surface area contributed by atoms with Crippen LogP contribution in [0.25, 0.3) is 10.6 Å². The van der Waals surface area contributed by atoms with Gasteiger partial charge in [-0.25, -0.2) is 4.98 Å². The van der Waals surface area contributed by atoms with Crippen molar-refractivity contribution in [3.8, 4) is 10.6 Å². The molecule has 0 spiro atoms. The van der Waals surface area contributed by atoms with E-state index in [9.17, 15) is 4.79 Å². The van der Waals surface area contributed by atoms with Crippen LogP contribution in [-0.4, -0.2) is 11.0 Å². The standard InChI is InChI=1S/C18H15NO3S/c20-18(15-9-14(15)16-7-4-8-21-16)22-11-13-10-19-17(23-13)12-5-2-1-3-6-12/h1-8,10,14-15H,9,11H2. The molecule has 3 aromatic rings. The number of nitrogens with zero attached hydrogens (tertiary/aromatic N) is 1. The van der Waals surface area contributed by atoms with E-state index in [1.807, 2.05) is 42.5 Å². The first-order valence-electron chi connectivity index (χ1n) is 7.51. The quantitative estimate of drug-likeness (QED) is 0.658. The lowest BCUT2D eigenvalue weighted by Crippen LogP contribution is -2.07. The Kier molecular flexibility index (Phi) is 3.71. The summed E-state index contributed by atoms with van der Waals surface area (Å²) in [5, 5.41) is 0.941. The van der Waals surface area contributed by atoms with Gasteiger partial charge in [-0.3, -0.25) is 4.79 Å². The van der Waals surface area contributed by atoms with Crippen molar-refractivity contribution in [3.63, 3.8) is 0 Å². The number of hydrogen-bond acceptors (Lipinski definition) is 5. The van der Waals surface area contributed by atoms with Crippen molar-refractivity contribution in [3.05, 3.63) is 65.6 Å². The topological polar surface area (TPSA) is 52.3 Å². The third kappa shape index (κ3) is 3.05. The van der Waals surface area contributed by atoms with E-state index in [4.69, 9.17) is 9.15 Å². The maximum Gasteiger partial charge on any atom is 0.310 e. The van der Waals surface area contributed by atoms with E-state index in [0.717, 1.165) is 27.6 Å². The molecule has 0 bridgehead atoms. The van der Waals surface area contributed by atoms with Crippen LogP contribution in [0.1, 0.15) is 23.0 Å². The second kappa shape index (κ2) is 6.01. The number of carbonyl (C=O) groups excluding carboxylic acids is 1. The highest BCUT2D eigenvalue weighted by Crippen LogP contribution is 2.48. The zero-order valence-corrected chi connectivity index (χ0v) is 13.2. The Labute approximate surface area is 137 Å². The molecule has 0 aliphatic heterocycles. The third-order valence-electron chi connectivity index (χ3n) is 3.93. The van der Waals surface area contributed by atoms with E-state index in [1.54, 1.807) is 23.8 Å². The maximum absolute atomic E-state index is 12.1. The van der Waals surface area contributed by atoms with Crippen LogP contribution in [0.4, 0.5) is 0 Å². The van der Waals surface area contributed by atoms with Gasteiger partial charge in [0.15, 0.2) is 0 Å². The van der Waals surface area contributed by atoms with Crippen LogP contribution in [0.5, 0.6) is 0 Å². The van der Waals surface area contributed by atoms with Crippen molar-refractivity contribution in [2.45, 2.75) is 18.9 Å². The van der Waals surface area contributed by atoms with Gasteiger partial charge < -0.3 is 9.15 Å². The Bertz CT molecular complexity index is 795. The molecule has 1 aliphatic carbocycles. The molecule has 1 aromatic carbocycles. The van der Waals surface area contributed by atoms with Crippen LogP contribution < -0.4 is 0 Å². The lowest BCUT2D eigenvalue weighted by Gasteiger charge is -2.01. The van der Waals surface area contributed by atoms with Crippen LogP contribution >= 0.6 is 11.3 Å². The number of aromatic nitrogens is 1. The Morgan fingerprint density at radius 2 is 2.13 bits per heavy atom. The summed E-state index contributed by atoms with van der Waals surface area (Å²) in [5.41, 5.74) is 1.08. The molecule has 23 heavy (non-hydrogen) atoms. The predicted octanol–water partition coefficient (Wildman–Crippen LogP) is 4.25. The number of carbonyl (C=O) groups is 1. The minimum absolute atomic E-state index is 0.0670. The first-order valence-corrected chi connectivity index (χ1v) is 8.33. The summed E-state index contributed by atoms with van der Waals surface area (Å²) in [4.78, 5) is 17.4. The number of furan rings is 1. The molecule has 2 atom stereocenters. The Morgan fingerprint density at radius 3 is 2.91 bits per heavy atom. The van der Waals surface area contributed by atoms with Crippen LogP contribution in [0.15, 0.2) is 59.3 Å². The number of ether oxygens (including phenoxy) is 1. The molecule has 0 amide bonds. The summed E-state index contributed by atoms with van der Waals surface area (Å²) in [7, 11) is 0. The first kappa shape index (κ1) is 14.2. The fourth-order valence-corrected chi connectivity index (χ4v) is 3.44. The van der Waals surface area contributed by atoms with E-state index >= 15 is 0 Å². The predicted molar refractivity (Wildman–Crippen MR) is 86.9 cm³/mol. The minimum Gasteiger partial charge on any atom is -0.469 e. The van der Waals surface area contributed by atoms with E-state index < -0.39 is 0 Å². The summed E-state index contributed by atoms with van der Waals surface area (Å²) in [6.07, 6.45) is 4.22. The van der Waals surface area contributed by atoms with Gasteiger partial charge in [-0.2, -0.15) is 0 Å². The van der Waals surface area contributed by atoms with E-state index in [0.29, 0.717) is 0 Å². The summed E-state index contributed by atoms with van der Waals surface area (Å²) < 4.78 is 10.8. The highest BCUT2D eigenvalue weighted by molar-refractivity contribution is 7.15. The Balaban J connectivity index is 1.33. The molecule has 4 nitrogen and oxygen atoms in total. The lowest BCUT2D eigenvalue weighted by molar-refractivity contribution is -0.146. The number of rotatable bonds is 5. The van der Waals surface area contributed by atoms with E-state index in [-0.39, 0.29) is 24.4 Å². The summed E-state index contributed by atoms with van der Waals surface area (Å²) in [6.45, 7) is 0.282. The van der Waals surface area contributed by atoms with E-state index in [1.165, 1.54) is 0 Å². The van der Waals surface area contributed by atoms with Crippen LogP contribution in [0.2, 0.25) is 0 Å². The average Bonchev–Trinajstić information content (AvgIpc) is 3.02. The molecule has 2 aromatic heterocycles. The highest BCUT2D eigenvalue weighted by Gasteiger charge is 2.47. The number of thiazole rings is 1. The number of hydrogen-bond donors (Lipinski definition) is 0. The zero-order chi connectivity index (χ0) is 15.6. The van der Waals surface area contributed by atoms with Gasteiger partial charge in [0, 0.05) is 17.7 Å². The lowest BCUT2D eigenvalue weighted by atomic mass is 10.2. The monoisotopic (exact) mass is 325 g/mol. The summed E-state index contributed by atoms with van der Waals surface area (Å²) in [5.74, 6) is 0.832. The second-order valence-electron chi connectivity index (χ2n) is 5.57. The van der Waals surface area contributed by atoms with Gasteiger partial charge in [-0.15, -0.1) is 11.3 Å².